The Balaban J connectivity index is 2.63. The van der Waals surface area contributed by atoms with Crippen LogP contribution in [0.1, 0.15) is 12.5 Å². The zero-order valence-corrected chi connectivity index (χ0v) is 8.84. The van der Waals surface area contributed by atoms with E-state index >= 15 is 0 Å². The van der Waals surface area contributed by atoms with Gasteiger partial charge in [-0.05, 0) is 17.7 Å². The Bertz CT molecular complexity index is 558. The second kappa shape index (κ2) is 3.20. The summed E-state index contributed by atoms with van der Waals surface area (Å²) in [6.45, 7) is 1.34. The van der Waals surface area contributed by atoms with Crippen LogP contribution in [-0.2, 0) is 14.6 Å². The molecule has 1 aromatic rings. The summed E-state index contributed by atoms with van der Waals surface area (Å²) in [6.07, 6.45) is 1.52. The molecule has 0 saturated heterocycles. The van der Waals surface area contributed by atoms with Gasteiger partial charge in [-0.1, -0.05) is 12.1 Å². The summed E-state index contributed by atoms with van der Waals surface area (Å²) in [5, 5.41) is 3.64. The highest BCUT2D eigenvalue weighted by Gasteiger charge is 2.24. The molecular weight excluding hydrogens is 214 g/mol. The second-order valence-electron chi connectivity index (χ2n) is 3.25. The van der Waals surface area contributed by atoms with Gasteiger partial charge in [0.25, 0.3) is 0 Å². The van der Waals surface area contributed by atoms with Crippen molar-refractivity contribution in [1.82, 2.24) is 0 Å². The van der Waals surface area contributed by atoms with E-state index in [0.717, 1.165) is 5.41 Å². The van der Waals surface area contributed by atoms with Gasteiger partial charge in [0, 0.05) is 12.3 Å². The van der Waals surface area contributed by atoms with E-state index in [2.05, 4.69) is 5.32 Å². The number of anilines is 1. The monoisotopic (exact) mass is 223 g/mol. The Morgan fingerprint density at radius 2 is 2.07 bits per heavy atom. The molecule has 15 heavy (non-hydrogen) atoms. The van der Waals surface area contributed by atoms with Crippen LogP contribution < -0.4 is 5.32 Å². The lowest BCUT2D eigenvalue weighted by Gasteiger charge is -2.07. The van der Waals surface area contributed by atoms with Gasteiger partial charge < -0.3 is 5.32 Å². The molecule has 1 aliphatic heterocycles. The molecule has 4 nitrogen and oxygen atoms in total. The number of carbonyl (C=O) groups excluding carboxylic acids is 1. The van der Waals surface area contributed by atoms with Gasteiger partial charge in [0.2, 0.25) is 15.7 Å². The Morgan fingerprint density at radius 3 is 2.73 bits per heavy atom. The first-order chi connectivity index (χ1) is 7.00. The summed E-state index contributed by atoms with van der Waals surface area (Å²) in [4.78, 5) is 11.1. The van der Waals surface area contributed by atoms with Crippen molar-refractivity contribution >= 4 is 27.5 Å². The maximum absolute atomic E-state index is 11.6. The van der Waals surface area contributed by atoms with Crippen molar-refractivity contribution in [3.05, 3.63) is 29.2 Å². The second-order valence-corrected chi connectivity index (χ2v) is 5.02. The van der Waals surface area contributed by atoms with Gasteiger partial charge in [0.05, 0.1) is 5.69 Å². The van der Waals surface area contributed by atoms with Crippen LogP contribution in [0.4, 0.5) is 5.69 Å². The minimum absolute atomic E-state index is 0.181. The van der Waals surface area contributed by atoms with Gasteiger partial charge in [-0.2, -0.15) is 0 Å². The van der Waals surface area contributed by atoms with Gasteiger partial charge >= 0.3 is 0 Å². The Kier molecular flexibility index (Phi) is 2.12. The fourth-order valence-electron chi connectivity index (χ4n) is 1.52. The number of hydrogen-bond acceptors (Lipinski definition) is 3. The number of nitrogens with one attached hydrogen (secondary N) is 1. The minimum atomic E-state index is -3.38. The number of rotatable bonds is 1. The molecule has 0 fully saturated rings. The van der Waals surface area contributed by atoms with E-state index in [0.29, 0.717) is 11.3 Å². The zero-order chi connectivity index (χ0) is 11.1. The summed E-state index contributed by atoms with van der Waals surface area (Å²) in [7, 11) is -3.38. The van der Waals surface area contributed by atoms with E-state index in [9.17, 15) is 13.2 Å². The van der Waals surface area contributed by atoms with Gasteiger partial charge in [0.1, 0.15) is 4.90 Å². The predicted molar refractivity (Wildman–Crippen MR) is 57.0 cm³/mol. The molecule has 0 aromatic heterocycles. The van der Waals surface area contributed by atoms with Crippen LogP contribution in [0.3, 0.4) is 0 Å². The molecule has 1 aromatic carbocycles. The van der Waals surface area contributed by atoms with Crippen LogP contribution in [0.15, 0.2) is 28.5 Å². The standard InChI is InChI=1S/C10H9NO3S/c1-7(12)11-9-4-2-3-8-5-6-15(13,14)10(8)9/h2-6H,1H3,(H,11,12). The average molecular weight is 223 g/mol. The van der Waals surface area contributed by atoms with Crippen molar-refractivity contribution in [2.45, 2.75) is 11.8 Å². The summed E-state index contributed by atoms with van der Waals surface area (Å²) in [6, 6.07) is 4.97. The highest BCUT2D eigenvalue weighted by atomic mass is 32.2. The maximum atomic E-state index is 11.6. The van der Waals surface area contributed by atoms with Crippen molar-refractivity contribution in [1.29, 1.82) is 0 Å². The molecule has 1 aliphatic rings. The fraction of sp³-hybridized carbons (Fsp3) is 0.100. The minimum Gasteiger partial charge on any atom is -0.325 e. The molecular formula is C10H9NO3S. The number of carbonyl (C=O) groups is 1. The SMILES string of the molecule is CC(=O)Nc1cccc2c1S(=O)(=O)C=C2. The summed E-state index contributed by atoms with van der Waals surface area (Å²) < 4.78 is 23.2. The smallest absolute Gasteiger partial charge is 0.221 e. The topological polar surface area (TPSA) is 63.2 Å². The van der Waals surface area contributed by atoms with E-state index in [1.807, 2.05) is 0 Å². The molecule has 0 unspecified atom stereocenters. The van der Waals surface area contributed by atoms with Crippen molar-refractivity contribution in [2.24, 2.45) is 0 Å². The zero-order valence-electron chi connectivity index (χ0n) is 8.02. The molecule has 78 valence electrons. The van der Waals surface area contributed by atoms with E-state index < -0.39 is 9.84 Å². The predicted octanol–water partition coefficient (Wildman–Crippen LogP) is 1.40. The molecule has 0 atom stereocenters. The van der Waals surface area contributed by atoms with Crippen molar-refractivity contribution in [2.75, 3.05) is 5.32 Å². The molecule has 5 heteroatoms. The number of sulfone groups is 1. The van der Waals surface area contributed by atoms with E-state index in [1.165, 1.54) is 13.0 Å². The van der Waals surface area contributed by atoms with Crippen molar-refractivity contribution in [3.8, 4) is 0 Å². The van der Waals surface area contributed by atoms with E-state index in [1.54, 1.807) is 18.2 Å². The molecule has 0 radical (unpaired) electrons. The molecule has 0 spiro atoms. The summed E-state index contributed by atoms with van der Waals surface area (Å²) in [5.41, 5.74) is 0.950. The molecule has 1 amide bonds. The van der Waals surface area contributed by atoms with Crippen LogP contribution in [0.25, 0.3) is 6.08 Å². The third kappa shape index (κ3) is 1.66. The van der Waals surface area contributed by atoms with E-state index in [4.69, 9.17) is 0 Å². The number of amides is 1. The van der Waals surface area contributed by atoms with Crippen LogP contribution in [0.2, 0.25) is 0 Å². The molecule has 1 N–H and O–H groups in total. The third-order valence-corrected chi connectivity index (χ3v) is 3.59. The largest absolute Gasteiger partial charge is 0.325 e. The Hall–Kier alpha value is -1.62. The first-order valence-corrected chi connectivity index (χ1v) is 5.89. The third-order valence-electron chi connectivity index (χ3n) is 2.07. The van der Waals surface area contributed by atoms with Gasteiger partial charge in [-0.3, -0.25) is 4.79 Å². The lowest BCUT2D eigenvalue weighted by Crippen LogP contribution is -2.09. The van der Waals surface area contributed by atoms with Gasteiger partial charge in [0.15, 0.2) is 0 Å². The van der Waals surface area contributed by atoms with Crippen LogP contribution >= 0.6 is 0 Å². The molecule has 0 aliphatic carbocycles. The lowest BCUT2D eigenvalue weighted by molar-refractivity contribution is -0.114. The first-order valence-electron chi connectivity index (χ1n) is 4.34. The summed E-state index contributed by atoms with van der Waals surface area (Å²) in [5.74, 6) is -0.287. The highest BCUT2D eigenvalue weighted by Crippen LogP contribution is 2.33. The van der Waals surface area contributed by atoms with Crippen molar-refractivity contribution in [3.63, 3.8) is 0 Å². The van der Waals surface area contributed by atoms with Crippen LogP contribution in [0, 0.1) is 0 Å². The molecule has 0 saturated carbocycles. The summed E-state index contributed by atoms with van der Waals surface area (Å²) >= 11 is 0. The maximum Gasteiger partial charge on any atom is 0.221 e. The molecule has 0 bridgehead atoms. The van der Waals surface area contributed by atoms with E-state index in [-0.39, 0.29) is 10.8 Å². The van der Waals surface area contributed by atoms with Crippen LogP contribution in [0.5, 0.6) is 0 Å². The van der Waals surface area contributed by atoms with Crippen molar-refractivity contribution < 1.29 is 13.2 Å². The Morgan fingerprint density at radius 1 is 1.33 bits per heavy atom. The Labute approximate surface area is 87.5 Å². The quantitative estimate of drug-likeness (QED) is 0.782. The number of fused-ring (bicyclic) bond motifs is 1. The number of benzene rings is 1. The van der Waals surface area contributed by atoms with Gasteiger partial charge in [-0.25, -0.2) is 8.42 Å². The highest BCUT2D eigenvalue weighted by molar-refractivity contribution is 7.95. The fourth-order valence-corrected chi connectivity index (χ4v) is 2.87. The van der Waals surface area contributed by atoms with Gasteiger partial charge in [-0.15, -0.1) is 0 Å². The lowest BCUT2D eigenvalue weighted by atomic mass is 10.2. The molecule has 1 heterocycles. The number of hydrogen-bond donors (Lipinski definition) is 1. The average Bonchev–Trinajstić information content (AvgIpc) is 2.43. The van der Waals surface area contributed by atoms with Crippen LogP contribution in [-0.4, -0.2) is 14.3 Å². The first kappa shape index (κ1) is 9.92. The normalized spacial score (nSPS) is 16.1. The molecule has 2 rings (SSSR count).